The van der Waals surface area contributed by atoms with Gasteiger partial charge in [0.1, 0.15) is 0 Å². The number of nitrogens with zero attached hydrogens (tertiary/aromatic N) is 1. The van der Waals surface area contributed by atoms with E-state index in [9.17, 15) is 0 Å². The lowest BCUT2D eigenvalue weighted by molar-refractivity contribution is 0.142. The minimum Gasteiger partial charge on any atom is -0.384 e. The third kappa shape index (κ3) is 2.66. The van der Waals surface area contributed by atoms with Crippen molar-refractivity contribution in [2.75, 3.05) is 33.9 Å². The molecule has 0 bridgehead atoms. The molecule has 0 spiro atoms. The SMILES string of the molecule is CNC1CN(C(C)C)CC1COC. The molecule has 0 aromatic heterocycles. The fraction of sp³-hybridized carbons (Fsp3) is 1.00. The Balaban J connectivity index is 2.45. The van der Waals surface area contributed by atoms with Crippen molar-refractivity contribution in [2.24, 2.45) is 5.92 Å². The van der Waals surface area contributed by atoms with Crippen LogP contribution in [0.3, 0.4) is 0 Å². The molecule has 0 radical (unpaired) electrons. The van der Waals surface area contributed by atoms with Crippen LogP contribution in [0.15, 0.2) is 0 Å². The summed E-state index contributed by atoms with van der Waals surface area (Å²) in [7, 11) is 3.82. The second kappa shape index (κ2) is 4.94. The monoisotopic (exact) mass is 186 g/mol. The number of hydrogen-bond acceptors (Lipinski definition) is 3. The predicted octanol–water partition coefficient (Wildman–Crippen LogP) is 0.561. The molecule has 78 valence electrons. The largest absolute Gasteiger partial charge is 0.384 e. The second-order valence-corrected chi connectivity index (χ2v) is 4.16. The van der Waals surface area contributed by atoms with Gasteiger partial charge in [0.05, 0.1) is 6.61 Å². The summed E-state index contributed by atoms with van der Waals surface area (Å²) >= 11 is 0. The van der Waals surface area contributed by atoms with Crippen LogP contribution in [0.1, 0.15) is 13.8 Å². The Hall–Kier alpha value is -0.120. The average Bonchev–Trinajstić information content (AvgIpc) is 2.48. The molecule has 3 heteroatoms. The highest BCUT2D eigenvalue weighted by atomic mass is 16.5. The Morgan fingerprint density at radius 2 is 2.15 bits per heavy atom. The molecule has 0 saturated carbocycles. The van der Waals surface area contributed by atoms with Crippen molar-refractivity contribution in [3.8, 4) is 0 Å². The van der Waals surface area contributed by atoms with Crippen molar-refractivity contribution in [3.05, 3.63) is 0 Å². The van der Waals surface area contributed by atoms with E-state index in [-0.39, 0.29) is 0 Å². The van der Waals surface area contributed by atoms with Crippen LogP contribution in [0.2, 0.25) is 0 Å². The van der Waals surface area contributed by atoms with Crippen LogP contribution in [0, 0.1) is 5.92 Å². The van der Waals surface area contributed by atoms with E-state index in [1.165, 1.54) is 0 Å². The Labute approximate surface area is 81.4 Å². The number of methoxy groups -OCH3 is 1. The summed E-state index contributed by atoms with van der Waals surface area (Å²) in [6.07, 6.45) is 0. The molecular weight excluding hydrogens is 164 g/mol. The van der Waals surface area contributed by atoms with Gasteiger partial charge in [-0.1, -0.05) is 0 Å². The molecule has 1 heterocycles. The molecule has 1 saturated heterocycles. The normalized spacial score (nSPS) is 30.2. The first kappa shape index (κ1) is 11.0. The molecule has 1 fully saturated rings. The quantitative estimate of drug-likeness (QED) is 0.694. The summed E-state index contributed by atoms with van der Waals surface area (Å²) in [6.45, 7) is 7.69. The van der Waals surface area contributed by atoms with Gasteiger partial charge in [-0.3, -0.25) is 4.90 Å². The Morgan fingerprint density at radius 1 is 1.46 bits per heavy atom. The third-order valence-electron chi connectivity index (χ3n) is 2.95. The van der Waals surface area contributed by atoms with Crippen LogP contribution < -0.4 is 5.32 Å². The van der Waals surface area contributed by atoms with E-state index >= 15 is 0 Å². The highest BCUT2D eigenvalue weighted by Gasteiger charge is 2.32. The van der Waals surface area contributed by atoms with Crippen molar-refractivity contribution < 1.29 is 4.74 Å². The molecular formula is C10H22N2O. The van der Waals surface area contributed by atoms with E-state index in [2.05, 4.69) is 24.1 Å². The standard InChI is InChI=1S/C10H22N2O/c1-8(2)12-5-9(7-13-4)10(6-12)11-3/h8-11H,5-7H2,1-4H3. The van der Waals surface area contributed by atoms with Gasteiger partial charge in [-0.15, -0.1) is 0 Å². The summed E-state index contributed by atoms with van der Waals surface area (Å²) in [5, 5.41) is 3.36. The van der Waals surface area contributed by atoms with E-state index < -0.39 is 0 Å². The molecule has 1 rings (SSSR count). The molecule has 1 aliphatic rings. The first-order valence-electron chi connectivity index (χ1n) is 5.09. The van der Waals surface area contributed by atoms with Gasteiger partial charge in [0.25, 0.3) is 0 Å². The zero-order valence-electron chi connectivity index (χ0n) is 9.21. The van der Waals surface area contributed by atoms with E-state index in [4.69, 9.17) is 4.74 Å². The zero-order valence-corrected chi connectivity index (χ0v) is 9.21. The van der Waals surface area contributed by atoms with Gasteiger partial charge in [-0.25, -0.2) is 0 Å². The average molecular weight is 186 g/mol. The van der Waals surface area contributed by atoms with E-state index in [0.29, 0.717) is 18.0 Å². The fourth-order valence-corrected chi connectivity index (χ4v) is 2.04. The summed E-state index contributed by atoms with van der Waals surface area (Å²) in [6, 6.07) is 1.25. The van der Waals surface area contributed by atoms with Crippen LogP contribution in [0.25, 0.3) is 0 Å². The number of likely N-dealkylation sites (N-methyl/N-ethyl adjacent to an activating group) is 1. The summed E-state index contributed by atoms with van der Waals surface area (Å²) in [5.74, 6) is 0.650. The van der Waals surface area contributed by atoms with Gasteiger partial charge in [0.2, 0.25) is 0 Å². The van der Waals surface area contributed by atoms with Crippen LogP contribution in [0.4, 0.5) is 0 Å². The molecule has 13 heavy (non-hydrogen) atoms. The third-order valence-corrected chi connectivity index (χ3v) is 2.95. The van der Waals surface area contributed by atoms with E-state index in [0.717, 1.165) is 19.7 Å². The number of rotatable bonds is 4. The number of likely N-dealkylation sites (tertiary alicyclic amines) is 1. The van der Waals surface area contributed by atoms with Crippen molar-refractivity contribution in [2.45, 2.75) is 25.9 Å². The first-order chi connectivity index (χ1) is 6.19. The summed E-state index contributed by atoms with van der Waals surface area (Å²) < 4.78 is 5.22. The predicted molar refractivity (Wildman–Crippen MR) is 54.9 cm³/mol. The zero-order chi connectivity index (χ0) is 9.84. The van der Waals surface area contributed by atoms with Gasteiger partial charge in [0.15, 0.2) is 0 Å². The van der Waals surface area contributed by atoms with Gasteiger partial charge in [-0.05, 0) is 20.9 Å². The first-order valence-corrected chi connectivity index (χ1v) is 5.09. The molecule has 2 atom stereocenters. The van der Waals surface area contributed by atoms with E-state index in [1.54, 1.807) is 7.11 Å². The second-order valence-electron chi connectivity index (χ2n) is 4.16. The Bertz CT molecular complexity index is 150. The lowest BCUT2D eigenvalue weighted by Gasteiger charge is -2.19. The van der Waals surface area contributed by atoms with Crippen molar-refractivity contribution in [1.82, 2.24) is 10.2 Å². The van der Waals surface area contributed by atoms with Crippen molar-refractivity contribution in [1.29, 1.82) is 0 Å². The highest BCUT2D eigenvalue weighted by Crippen LogP contribution is 2.19. The fourth-order valence-electron chi connectivity index (χ4n) is 2.04. The lowest BCUT2D eigenvalue weighted by Crippen LogP contribution is -2.35. The van der Waals surface area contributed by atoms with Gasteiger partial charge >= 0.3 is 0 Å². The van der Waals surface area contributed by atoms with Crippen LogP contribution >= 0.6 is 0 Å². The number of ether oxygens (including phenoxy) is 1. The smallest absolute Gasteiger partial charge is 0.0518 e. The summed E-state index contributed by atoms with van der Waals surface area (Å²) in [4.78, 5) is 2.50. The molecule has 1 aliphatic heterocycles. The maximum Gasteiger partial charge on any atom is 0.0518 e. The maximum absolute atomic E-state index is 5.22. The van der Waals surface area contributed by atoms with Crippen LogP contribution in [-0.4, -0.2) is 50.8 Å². The maximum atomic E-state index is 5.22. The molecule has 0 aromatic rings. The molecule has 2 unspecified atom stereocenters. The number of nitrogens with one attached hydrogen (secondary N) is 1. The molecule has 0 aromatic carbocycles. The van der Waals surface area contributed by atoms with Crippen molar-refractivity contribution >= 4 is 0 Å². The van der Waals surface area contributed by atoms with Gasteiger partial charge in [0, 0.05) is 38.2 Å². The van der Waals surface area contributed by atoms with Gasteiger partial charge < -0.3 is 10.1 Å². The van der Waals surface area contributed by atoms with Crippen molar-refractivity contribution in [3.63, 3.8) is 0 Å². The molecule has 1 N–H and O–H groups in total. The minimum absolute atomic E-state index is 0.599. The topological polar surface area (TPSA) is 24.5 Å². The van der Waals surface area contributed by atoms with Crippen LogP contribution in [-0.2, 0) is 4.74 Å². The van der Waals surface area contributed by atoms with Crippen LogP contribution in [0.5, 0.6) is 0 Å². The molecule has 0 aliphatic carbocycles. The van der Waals surface area contributed by atoms with Gasteiger partial charge in [-0.2, -0.15) is 0 Å². The summed E-state index contributed by atoms with van der Waals surface area (Å²) in [5.41, 5.74) is 0. The number of hydrogen-bond donors (Lipinski definition) is 1. The molecule has 0 amide bonds. The molecule has 3 nitrogen and oxygen atoms in total. The highest BCUT2D eigenvalue weighted by molar-refractivity contribution is 4.89. The lowest BCUT2D eigenvalue weighted by atomic mass is 10.1. The minimum atomic E-state index is 0.599. The Morgan fingerprint density at radius 3 is 2.62 bits per heavy atom. The Kier molecular flexibility index (Phi) is 4.16. The van der Waals surface area contributed by atoms with E-state index in [1.807, 2.05) is 7.05 Å².